The number of aromatic nitrogens is 1. The van der Waals surface area contributed by atoms with E-state index in [1.165, 1.54) is 0 Å². The Hall–Kier alpha value is -1.55. The molecule has 0 aliphatic carbocycles. The Morgan fingerprint density at radius 3 is 2.62 bits per heavy atom. The van der Waals surface area contributed by atoms with Gasteiger partial charge in [0.1, 0.15) is 10.6 Å². The van der Waals surface area contributed by atoms with Gasteiger partial charge in [-0.05, 0) is 18.9 Å². The molecule has 1 aliphatic rings. The quantitative estimate of drug-likeness (QED) is 0.884. The van der Waals surface area contributed by atoms with Gasteiger partial charge < -0.3 is 10.1 Å². The number of carboxylic acid groups (broad SMARTS) is 1. The number of sulfonamides is 1. The lowest BCUT2D eigenvalue weighted by Crippen LogP contribution is -2.44. The number of piperidine rings is 1. The number of halogens is 3. The summed E-state index contributed by atoms with van der Waals surface area (Å²) in [4.78, 5) is 12.6. The summed E-state index contributed by atoms with van der Waals surface area (Å²) < 4.78 is 63.4. The van der Waals surface area contributed by atoms with Crippen LogP contribution in [0.25, 0.3) is 0 Å². The van der Waals surface area contributed by atoms with E-state index in [0.717, 1.165) is 16.6 Å². The molecule has 1 unspecified atom stereocenters. The Morgan fingerprint density at radius 1 is 1.43 bits per heavy atom. The number of H-pyrrole nitrogens is 1. The van der Waals surface area contributed by atoms with Gasteiger partial charge in [0.15, 0.2) is 0 Å². The second-order valence-electron chi connectivity index (χ2n) is 4.80. The molecule has 1 fully saturated rings. The fourth-order valence-corrected chi connectivity index (χ4v) is 3.74. The lowest BCUT2D eigenvalue weighted by molar-refractivity contribution is -0.182. The first-order chi connectivity index (χ1) is 9.62. The van der Waals surface area contributed by atoms with Crippen molar-refractivity contribution >= 4 is 16.0 Å². The van der Waals surface area contributed by atoms with Crippen LogP contribution in [0.4, 0.5) is 13.2 Å². The van der Waals surface area contributed by atoms with Crippen LogP contribution in [-0.2, 0) is 10.0 Å². The molecule has 0 spiro atoms. The normalized spacial score (nSPS) is 21.4. The molecule has 1 aromatic heterocycles. The van der Waals surface area contributed by atoms with Crippen LogP contribution in [0.5, 0.6) is 0 Å². The van der Waals surface area contributed by atoms with Gasteiger partial charge in [-0.15, -0.1) is 0 Å². The monoisotopic (exact) mass is 326 g/mol. The third-order valence-electron chi connectivity index (χ3n) is 3.37. The summed E-state index contributed by atoms with van der Waals surface area (Å²) in [6.45, 7) is -0.651. The van der Waals surface area contributed by atoms with E-state index in [-0.39, 0.29) is 30.0 Å². The summed E-state index contributed by atoms with van der Waals surface area (Å²) in [6, 6.07) is 0.898. The van der Waals surface area contributed by atoms with E-state index >= 15 is 0 Å². The zero-order chi connectivity index (χ0) is 15.8. The fraction of sp³-hybridized carbons (Fsp3) is 0.545. The molecule has 2 rings (SSSR count). The van der Waals surface area contributed by atoms with Crippen LogP contribution in [0, 0.1) is 5.92 Å². The van der Waals surface area contributed by atoms with Gasteiger partial charge in [-0.25, -0.2) is 13.2 Å². The number of hydrogen-bond donors (Lipinski definition) is 2. The molecule has 2 N–H and O–H groups in total. The Morgan fingerprint density at radius 2 is 2.10 bits per heavy atom. The molecule has 0 saturated carbocycles. The highest BCUT2D eigenvalue weighted by Gasteiger charge is 2.44. The SMILES string of the molecule is O=C(O)c1cc(S(=O)(=O)N2CCCC(C(F)(F)F)C2)c[nH]1. The average Bonchev–Trinajstić information content (AvgIpc) is 2.88. The first-order valence-electron chi connectivity index (χ1n) is 6.11. The van der Waals surface area contributed by atoms with E-state index in [1.807, 2.05) is 0 Å². The summed E-state index contributed by atoms with van der Waals surface area (Å²) >= 11 is 0. The number of nitrogens with zero attached hydrogens (tertiary/aromatic N) is 1. The van der Waals surface area contributed by atoms with Crippen LogP contribution < -0.4 is 0 Å². The van der Waals surface area contributed by atoms with Crippen molar-refractivity contribution in [3.63, 3.8) is 0 Å². The predicted molar refractivity (Wildman–Crippen MR) is 65.3 cm³/mol. The van der Waals surface area contributed by atoms with Crippen molar-refractivity contribution in [3.8, 4) is 0 Å². The van der Waals surface area contributed by atoms with E-state index in [1.54, 1.807) is 0 Å². The molecular formula is C11H13F3N2O4S. The average molecular weight is 326 g/mol. The van der Waals surface area contributed by atoms with Crippen LogP contribution in [0.2, 0.25) is 0 Å². The summed E-state index contributed by atoms with van der Waals surface area (Å²) in [5.41, 5.74) is -0.335. The van der Waals surface area contributed by atoms with Crippen molar-refractivity contribution in [1.82, 2.24) is 9.29 Å². The standard InChI is InChI=1S/C11H13F3N2O4S/c12-11(13,14)7-2-1-3-16(6-7)21(19,20)8-4-9(10(17)18)15-5-8/h4-5,7,15H,1-3,6H2,(H,17,18). The largest absolute Gasteiger partial charge is 0.477 e. The molecule has 0 amide bonds. The molecule has 1 atom stereocenters. The molecule has 1 aliphatic heterocycles. The Labute approximate surface area is 118 Å². The number of nitrogens with one attached hydrogen (secondary N) is 1. The third-order valence-corrected chi connectivity index (χ3v) is 5.21. The number of carbonyl (C=O) groups is 1. The van der Waals surface area contributed by atoms with Crippen LogP contribution in [-0.4, -0.2) is 48.0 Å². The molecule has 2 heterocycles. The van der Waals surface area contributed by atoms with E-state index in [4.69, 9.17) is 5.11 Å². The number of alkyl halides is 3. The van der Waals surface area contributed by atoms with E-state index in [0.29, 0.717) is 0 Å². The maximum Gasteiger partial charge on any atom is 0.393 e. The smallest absolute Gasteiger partial charge is 0.393 e. The minimum Gasteiger partial charge on any atom is -0.477 e. The molecule has 118 valence electrons. The molecule has 0 aromatic carbocycles. The Balaban J connectivity index is 2.24. The molecule has 21 heavy (non-hydrogen) atoms. The van der Waals surface area contributed by atoms with Crippen molar-refractivity contribution < 1.29 is 31.5 Å². The first-order valence-corrected chi connectivity index (χ1v) is 7.55. The van der Waals surface area contributed by atoms with Gasteiger partial charge in [0.2, 0.25) is 10.0 Å². The molecule has 0 bridgehead atoms. The van der Waals surface area contributed by atoms with E-state index < -0.39 is 34.6 Å². The minimum absolute atomic E-state index is 0.0114. The molecule has 6 nitrogen and oxygen atoms in total. The van der Waals surface area contributed by atoms with Gasteiger partial charge in [0.05, 0.1) is 5.92 Å². The van der Waals surface area contributed by atoms with Crippen molar-refractivity contribution in [2.45, 2.75) is 23.9 Å². The molecular weight excluding hydrogens is 313 g/mol. The molecule has 1 aromatic rings. The van der Waals surface area contributed by atoms with E-state index in [9.17, 15) is 26.4 Å². The van der Waals surface area contributed by atoms with E-state index in [2.05, 4.69) is 4.98 Å². The minimum atomic E-state index is -4.45. The molecule has 0 radical (unpaired) electrons. The Kier molecular flexibility index (Phi) is 4.02. The topological polar surface area (TPSA) is 90.5 Å². The van der Waals surface area contributed by atoms with Gasteiger partial charge >= 0.3 is 12.1 Å². The maximum absolute atomic E-state index is 12.7. The molecule has 10 heteroatoms. The van der Waals surface area contributed by atoms with Gasteiger partial charge in [0, 0.05) is 19.3 Å². The van der Waals surface area contributed by atoms with Crippen LogP contribution in [0.1, 0.15) is 23.3 Å². The number of hydrogen-bond acceptors (Lipinski definition) is 3. The highest BCUT2D eigenvalue weighted by atomic mass is 32.2. The van der Waals surface area contributed by atoms with Gasteiger partial charge in [-0.3, -0.25) is 0 Å². The van der Waals surface area contributed by atoms with Crippen LogP contribution in [0.3, 0.4) is 0 Å². The van der Waals surface area contributed by atoms with Gasteiger partial charge in [-0.1, -0.05) is 0 Å². The zero-order valence-electron chi connectivity index (χ0n) is 10.7. The number of aromatic carboxylic acids is 1. The second kappa shape index (κ2) is 5.34. The van der Waals surface area contributed by atoms with Crippen molar-refractivity contribution in [3.05, 3.63) is 18.0 Å². The fourth-order valence-electron chi connectivity index (χ4n) is 2.22. The number of aromatic amines is 1. The third kappa shape index (κ3) is 3.21. The van der Waals surface area contributed by atoms with Crippen molar-refractivity contribution in [2.75, 3.05) is 13.1 Å². The summed E-state index contributed by atoms with van der Waals surface area (Å²) in [6.07, 6.45) is -3.48. The highest BCUT2D eigenvalue weighted by molar-refractivity contribution is 7.89. The van der Waals surface area contributed by atoms with Crippen molar-refractivity contribution in [1.29, 1.82) is 0 Å². The maximum atomic E-state index is 12.7. The lowest BCUT2D eigenvalue weighted by Gasteiger charge is -2.32. The summed E-state index contributed by atoms with van der Waals surface area (Å²) in [5.74, 6) is -3.04. The van der Waals surface area contributed by atoms with Crippen molar-refractivity contribution in [2.24, 2.45) is 5.92 Å². The van der Waals surface area contributed by atoms with Gasteiger partial charge in [-0.2, -0.15) is 17.5 Å². The lowest BCUT2D eigenvalue weighted by atomic mass is 9.99. The van der Waals surface area contributed by atoms with Crippen LogP contribution >= 0.6 is 0 Å². The first kappa shape index (κ1) is 15.8. The molecule has 1 saturated heterocycles. The van der Waals surface area contributed by atoms with Gasteiger partial charge in [0.25, 0.3) is 0 Å². The summed E-state index contributed by atoms with van der Waals surface area (Å²) in [5, 5.41) is 8.73. The predicted octanol–water partition coefficient (Wildman–Crippen LogP) is 1.68. The Bertz CT molecular complexity index is 638. The number of carboxylic acids is 1. The summed E-state index contributed by atoms with van der Waals surface area (Å²) in [7, 11) is -4.13. The zero-order valence-corrected chi connectivity index (χ0v) is 11.5. The number of rotatable bonds is 3. The second-order valence-corrected chi connectivity index (χ2v) is 6.74. The van der Waals surface area contributed by atoms with Crippen LogP contribution in [0.15, 0.2) is 17.2 Å². The highest BCUT2D eigenvalue weighted by Crippen LogP contribution is 2.35.